The molecule has 0 saturated carbocycles. The van der Waals surface area contributed by atoms with Crippen LogP contribution in [0.5, 0.6) is 0 Å². The van der Waals surface area contributed by atoms with Crippen LogP contribution in [0.2, 0.25) is 0 Å². The molecule has 2 rings (SSSR count). The molecule has 4 atom stereocenters. The van der Waals surface area contributed by atoms with E-state index in [-0.39, 0.29) is 24.5 Å². The van der Waals surface area contributed by atoms with E-state index >= 15 is 0 Å². The smallest absolute Gasteiger partial charge is 0.303 e. The Morgan fingerprint density at radius 1 is 1.37 bits per heavy atom. The minimum atomic E-state index is -0.815. The van der Waals surface area contributed by atoms with Crippen LogP contribution < -0.4 is 0 Å². The highest BCUT2D eigenvalue weighted by atomic mass is 16.6. The molecule has 1 aliphatic heterocycles. The lowest BCUT2D eigenvalue weighted by Gasteiger charge is -2.16. The van der Waals surface area contributed by atoms with Crippen molar-refractivity contribution >= 4 is 5.97 Å². The van der Waals surface area contributed by atoms with Crippen LogP contribution in [0.3, 0.4) is 0 Å². The number of hydrogen-bond donors (Lipinski definition) is 2. The van der Waals surface area contributed by atoms with Crippen molar-refractivity contribution in [3.05, 3.63) is 35.9 Å². The second-order valence-electron chi connectivity index (χ2n) is 5.14. The Kier molecular flexibility index (Phi) is 4.56. The van der Waals surface area contributed by atoms with Gasteiger partial charge in [0.2, 0.25) is 0 Å². The van der Waals surface area contributed by atoms with Gasteiger partial charge in [0.1, 0.15) is 6.10 Å². The van der Waals surface area contributed by atoms with Crippen LogP contribution in [0.15, 0.2) is 30.3 Å². The van der Waals surface area contributed by atoms with Gasteiger partial charge in [-0.3, -0.25) is 4.79 Å². The number of aliphatic hydroxyl groups is 1. The molecule has 4 nitrogen and oxygen atoms in total. The lowest BCUT2D eigenvalue weighted by molar-refractivity contribution is -0.137. The van der Waals surface area contributed by atoms with Crippen molar-refractivity contribution in [1.29, 1.82) is 0 Å². The summed E-state index contributed by atoms with van der Waals surface area (Å²) < 4.78 is 5.64. The number of aliphatic hydroxyl groups excluding tert-OH is 1. The van der Waals surface area contributed by atoms with E-state index in [0.29, 0.717) is 12.8 Å². The van der Waals surface area contributed by atoms with Gasteiger partial charge in [-0.2, -0.15) is 0 Å². The predicted molar refractivity (Wildman–Crippen MR) is 70.7 cm³/mol. The molecule has 1 aromatic rings. The van der Waals surface area contributed by atoms with Crippen LogP contribution in [0.25, 0.3) is 0 Å². The first-order valence-electron chi connectivity index (χ1n) is 6.70. The molecule has 0 aromatic heterocycles. The van der Waals surface area contributed by atoms with Gasteiger partial charge in [0.15, 0.2) is 0 Å². The number of hydrogen-bond acceptors (Lipinski definition) is 3. The second kappa shape index (κ2) is 6.17. The Bertz CT molecular complexity index is 417. The molecular formula is C15H20O4. The van der Waals surface area contributed by atoms with Gasteiger partial charge < -0.3 is 14.9 Å². The number of aliphatic carboxylic acids is 1. The van der Waals surface area contributed by atoms with E-state index in [1.807, 2.05) is 37.3 Å². The maximum absolute atomic E-state index is 10.4. The van der Waals surface area contributed by atoms with Gasteiger partial charge in [-0.05, 0) is 18.4 Å². The maximum Gasteiger partial charge on any atom is 0.303 e. The highest BCUT2D eigenvalue weighted by Crippen LogP contribution is 2.44. The normalized spacial score (nSPS) is 24.7. The van der Waals surface area contributed by atoms with Gasteiger partial charge in [0.05, 0.1) is 12.2 Å². The van der Waals surface area contributed by atoms with Gasteiger partial charge >= 0.3 is 5.97 Å². The van der Waals surface area contributed by atoms with Crippen molar-refractivity contribution < 1.29 is 19.7 Å². The zero-order valence-electron chi connectivity index (χ0n) is 11.0. The van der Waals surface area contributed by atoms with Crippen LogP contribution in [0.1, 0.15) is 37.9 Å². The fourth-order valence-electron chi connectivity index (χ4n) is 2.38. The standard InChI is InChI=1S/C15H20O4/c1-10(12(16)8-5-9-13(17)18)14-15(19-14)11-6-3-2-4-7-11/h2-4,6-7,10,12,14-16H,5,8-9H2,1H3,(H,17,18). The molecule has 19 heavy (non-hydrogen) atoms. The van der Waals surface area contributed by atoms with E-state index in [4.69, 9.17) is 9.84 Å². The molecule has 0 radical (unpaired) electrons. The van der Waals surface area contributed by atoms with E-state index in [2.05, 4.69) is 0 Å². The molecule has 1 aromatic carbocycles. The van der Waals surface area contributed by atoms with Crippen molar-refractivity contribution in [3.8, 4) is 0 Å². The second-order valence-corrected chi connectivity index (χ2v) is 5.14. The lowest BCUT2D eigenvalue weighted by Crippen LogP contribution is -2.23. The highest BCUT2D eigenvalue weighted by Gasteiger charge is 2.45. The van der Waals surface area contributed by atoms with Gasteiger partial charge in [-0.25, -0.2) is 0 Å². The van der Waals surface area contributed by atoms with Crippen molar-refractivity contribution in [2.75, 3.05) is 0 Å². The van der Waals surface area contributed by atoms with Gasteiger partial charge in [0, 0.05) is 12.3 Å². The van der Waals surface area contributed by atoms with Crippen LogP contribution in [-0.2, 0) is 9.53 Å². The highest BCUT2D eigenvalue weighted by molar-refractivity contribution is 5.66. The molecule has 1 saturated heterocycles. The summed E-state index contributed by atoms with van der Waals surface area (Å²) in [6.07, 6.45) is 0.737. The molecular weight excluding hydrogens is 244 g/mol. The molecule has 4 heteroatoms. The van der Waals surface area contributed by atoms with Crippen LogP contribution >= 0.6 is 0 Å². The minimum Gasteiger partial charge on any atom is -0.481 e. The van der Waals surface area contributed by atoms with Crippen molar-refractivity contribution in [2.24, 2.45) is 5.92 Å². The number of carboxylic acids is 1. The molecule has 4 unspecified atom stereocenters. The van der Waals surface area contributed by atoms with Crippen LogP contribution in [0, 0.1) is 5.92 Å². The SMILES string of the molecule is CC(C(O)CCCC(=O)O)C1OC1c1ccccc1. The number of carbonyl (C=O) groups is 1. The first-order valence-corrected chi connectivity index (χ1v) is 6.70. The first-order chi connectivity index (χ1) is 9.09. The fourth-order valence-corrected chi connectivity index (χ4v) is 2.38. The number of epoxide rings is 1. The van der Waals surface area contributed by atoms with Crippen molar-refractivity contribution in [2.45, 2.75) is 44.5 Å². The number of rotatable bonds is 7. The molecule has 0 amide bonds. The quantitative estimate of drug-likeness (QED) is 0.742. The zero-order chi connectivity index (χ0) is 13.8. The number of ether oxygens (including phenoxy) is 1. The summed E-state index contributed by atoms with van der Waals surface area (Å²) in [5, 5.41) is 18.6. The molecule has 104 valence electrons. The molecule has 1 heterocycles. The zero-order valence-corrected chi connectivity index (χ0v) is 11.0. The average Bonchev–Trinajstić information content (AvgIpc) is 3.18. The predicted octanol–water partition coefficient (Wildman–Crippen LogP) is 2.38. The largest absolute Gasteiger partial charge is 0.481 e. The maximum atomic E-state index is 10.4. The Balaban J connectivity index is 1.78. The molecule has 1 fully saturated rings. The van der Waals surface area contributed by atoms with E-state index in [9.17, 15) is 9.90 Å². The third-order valence-electron chi connectivity index (χ3n) is 3.67. The summed E-state index contributed by atoms with van der Waals surface area (Å²) in [6, 6.07) is 9.96. The molecule has 2 N–H and O–H groups in total. The van der Waals surface area contributed by atoms with Crippen molar-refractivity contribution in [3.63, 3.8) is 0 Å². The Hall–Kier alpha value is -1.39. The Morgan fingerprint density at radius 2 is 2.05 bits per heavy atom. The third-order valence-corrected chi connectivity index (χ3v) is 3.67. The molecule has 0 aliphatic carbocycles. The molecule has 1 aliphatic rings. The fraction of sp³-hybridized carbons (Fsp3) is 0.533. The summed E-state index contributed by atoms with van der Waals surface area (Å²) in [7, 11) is 0. The monoisotopic (exact) mass is 264 g/mol. The van der Waals surface area contributed by atoms with Gasteiger partial charge in [-0.15, -0.1) is 0 Å². The van der Waals surface area contributed by atoms with Gasteiger partial charge in [-0.1, -0.05) is 37.3 Å². The lowest BCUT2D eigenvalue weighted by atomic mass is 9.93. The minimum absolute atomic E-state index is 0.0269. The van der Waals surface area contributed by atoms with Gasteiger partial charge in [0.25, 0.3) is 0 Å². The average molecular weight is 264 g/mol. The third kappa shape index (κ3) is 3.78. The summed E-state index contributed by atoms with van der Waals surface area (Å²) in [6.45, 7) is 1.96. The summed E-state index contributed by atoms with van der Waals surface area (Å²) in [5.41, 5.74) is 1.14. The van der Waals surface area contributed by atoms with Crippen LogP contribution in [-0.4, -0.2) is 28.4 Å². The summed E-state index contributed by atoms with van der Waals surface area (Å²) in [4.78, 5) is 10.4. The van der Waals surface area contributed by atoms with Crippen molar-refractivity contribution in [1.82, 2.24) is 0 Å². The number of carboxylic acid groups (broad SMARTS) is 1. The first kappa shape index (κ1) is 14.0. The van der Waals surface area contributed by atoms with E-state index in [1.165, 1.54) is 0 Å². The van der Waals surface area contributed by atoms with E-state index in [0.717, 1.165) is 5.56 Å². The topological polar surface area (TPSA) is 70.1 Å². The Labute approximate surface area is 113 Å². The molecule has 0 spiro atoms. The summed E-state index contributed by atoms with van der Waals surface area (Å²) in [5.74, 6) is -0.788. The van der Waals surface area contributed by atoms with E-state index in [1.54, 1.807) is 0 Å². The van der Waals surface area contributed by atoms with E-state index < -0.39 is 12.1 Å². The summed E-state index contributed by atoms with van der Waals surface area (Å²) >= 11 is 0. The number of benzene rings is 1. The van der Waals surface area contributed by atoms with Crippen LogP contribution in [0.4, 0.5) is 0 Å². The molecule has 0 bridgehead atoms. The Morgan fingerprint density at radius 3 is 2.68 bits per heavy atom.